The molecule has 0 fully saturated rings. The van der Waals surface area contributed by atoms with Gasteiger partial charge in [-0.05, 0) is 29.8 Å². The minimum absolute atomic E-state index is 0.107. The Hall–Kier alpha value is -3.43. The Balaban J connectivity index is 1.79. The maximum Gasteiger partial charge on any atom is 0.243 e. The van der Waals surface area contributed by atoms with Gasteiger partial charge in [-0.25, -0.2) is 21.9 Å². The summed E-state index contributed by atoms with van der Waals surface area (Å²) >= 11 is 0. The molecular formula is C24H22F2N2O4S. The predicted molar refractivity (Wildman–Crippen MR) is 121 cm³/mol. The van der Waals surface area contributed by atoms with Crippen LogP contribution in [-0.4, -0.2) is 34.2 Å². The fourth-order valence-electron chi connectivity index (χ4n) is 3.92. The van der Waals surface area contributed by atoms with Gasteiger partial charge in [0.1, 0.15) is 16.5 Å². The van der Waals surface area contributed by atoms with E-state index in [1.807, 2.05) is 30.3 Å². The molecule has 1 atom stereocenters. The van der Waals surface area contributed by atoms with Crippen LogP contribution in [0.1, 0.15) is 17.0 Å². The minimum atomic E-state index is -4.26. The SMILES string of the molecule is COc1cccc([C@@H](CNS(=O)(=O)c2ccc(F)cc2F)c2c[nH]c3ccccc23)c1OC. The Morgan fingerprint density at radius 1 is 0.970 bits per heavy atom. The summed E-state index contributed by atoms with van der Waals surface area (Å²) in [7, 11) is -1.24. The van der Waals surface area contributed by atoms with E-state index in [1.165, 1.54) is 14.2 Å². The fraction of sp³-hybridized carbons (Fsp3) is 0.167. The van der Waals surface area contributed by atoms with E-state index in [9.17, 15) is 17.2 Å². The number of halogens is 2. The fourth-order valence-corrected chi connectivity index (χ4v) is 5.02. The largest absolute Gasteiger partial charge is 0.493 e. The van der Waals surface area contributed by atoms with E-state index in [-0.39, 0.29) is 6.54 Å². The Labute approximate surface area is 190 Å². The maximum absolute atomic E-state index is 14.2. The molecule has 1 aromatic heterocycles. The summed E-state index contributed by atoms with van der Waals surface area (Å²) in [5.41, 5.74) is 2.38. The van der Waals surface area contributed by atoms with Crippen molar-refractivity contribution < 1.29 is 26.7 Å². The first-order valence-electron chi connectivity index (χ1n) is 10.1. The number of hydrogen-bond donors (Lipinski definition) is 2. The number of fused-ring (bicyclic) bond motifs is 1. The van der Waals surface area contributed by atoms with E-state index in [0.29, 0.717) is 23.1 Å². The number of benzene rings is 3. The summed E-state index contributed by atoms with van der Waals surface area (Å²) in [5.74, 6) is -1.58. The Morgan fingerprint density at radius 3 is 2.48 bits per heavy atom. The normalized spacial score (nSPS) is 12.6. The van der Waals surface area contributed by atoms with E-state index in [2.05, 4.69) is 9.71 Å². The highest BCUT2D eigenvalue weighted by Gasteiger charge is 2.27. The van der Waals surface area contributed by atoms with Crippen molar-refractivity contribution in [2.75, 3.05) is 20.8 Å². The monoisotopic (exact) mass is 472 g/mol. The molecule has 0 radical (unpaired) electrons. The minimum Gasteiger partial charge on any atom is -0.493 e. The van der Waals surface area contributed by atoms with Crippen LogP contribution in [0.15, 0.2) is 71.8 Å². The molecule has 0 saturated carbocycles. The highest BCUT2D eigenvalue weighted by atomic mass is 32.2. The van der Waals surface area contributed by atoms with Crippen LogP contribution in [-0.2, 0) is 10.0 Å². The van der Waals surface area contributed by atoms with Crippen LogP contribution in [0, 0.1) is 11.6 Å². The molecule has 0 bridgehead atoms. The molecule has 3 aromatic carbocycles. The first kappa shape index (κ1) is 22.8. The second kappa shape index (κ2) is 9.21. The van der Waals surface area contributed by atoms with Crippen molar-refractivity contribution in [1.82, 2.24) is 9.71 Å². The maximum atomic E-state index is 14.2. The summed E-state index contributed by atoms with van der Waals surface area (Å²) in [5, 5.41) is 0.902. The van der Waals surface area contributed by atoms with Gasteiger partial charge in [0.25, 0.3) is 0 Å². The average Bonchev–Trinajstić information content (AvgIpc) is 3.22. The Kier molecular flexibility index (Phi) is 6.35. The summed E-state index contributed by atoms with van der Waals surface area (Å²) in [6.07, 6.45) is 1.81. The topological polar surface area (TPSA) is 80.4 Å². The number of ether oxygens (including phenoxy) is 2. The highest BCUT2D eigenvalue weighted by Crippen LogP contribution is 2.40. The van der Waals surface area contributed by atoms with Crippen LogP contribution >= 0.6 is 0 Å². The van der Waals surface area contributed by atoms with Crippen LogP contribution in [0.3, 0.4) is 0 Å². The molecule has 0 aliphatic rings. The van der Waals surface area contributed by atoms with Gasteiger partial charge in [-0.2, -0.15) is 0 Å². The zero-order valence-electron chi connectivity index (χ0n) is 17.9. The van der Waals surface area contributed by atoms with Gasteiger partial charge in [-0.3, -0.25) is 0 Å². The lowest BCUT2D eigenvalue weighted by atomic mass is 9.90. The number of methoxy groups -OCH3 is 2. The van der Waals surface area contributed by atoms with Crippen molar-refractivity contribution in [2.24, 2.45) is 0 Å². The van der Waals surface area contributed by atoms with Crippen LogP contribution in [0.25, 0.3) is 10.9 Å². The van der Waals surface area contributed by atoms with E-state index >= 15 is 0 Å². The lowest BCUT2D eigenvalue weighted by Crippen LogP contribution is -2.30. The molecule has 4 rings (SSSR count). The first-order valence-corrected chi connectivity index (χ1v) is 11.6. The number of aromatic amines is 1. The van der Waals surface area contributed by atoms with Crippen LogP contribution in [0.2, 0.25) is 0 Å². The van der Waals surface area contributed by atoms with Crippen molar-refractivity contribution in [3.8, 4) is 11.5 Å². The van der Waals surface area contributed by atoms with E-state index in [4.69, 9.17) is 9.47 Å². The van der Waals surface area contributed by atoms with Gasteiger partial charge in [-0.15, -0.1) is 0 Å². The molecule has 0 aliphatic carbocycles. The first-order chi connectivity index (χ1) is 15.9. The Morgan fingerprint density at radius 2 is 1.76 bits per heavy atom. The third kappa shape index (κ3) is 4.42. The van der Waals surface area contributed by atoms with Crippen LogP contribution in [0.5, 0.6) is 11.5 Å². The summed E-state index contributed by atoms with van der Waals surface area (Å²) in [4.78, 5) is 2.57. The van der Waals surface area contributed by atoms with Gasteiger partial charge in [-0.1, -0.05) is 30.3 Å². The number of sulfonamides is 1. The number of H-pyrrole nitrogens is 1. The van der Waals surface area contributed by atoms with Crippen LogP contribution < -0.4 is 14.2 Å². The van der Waals surface area contributed by atoms with Crippen molar-refractivity contribution in [1.29, 1.82) is 0 Å². The van der Waals surface area contributed by atoms with Crippen molar-refractivity contribution >= 4 is 20.9 Å². The Bertz CT molecular complexity index is 1400. The van der Waals surface area contributed by atoms with Crippen LogP contribution in [0.4, 0.5) is 8.78 Å². The van der Waals surface area contributed by atoms with Gasteiger partial charge in [0.2, 0.25) is 10.0 Å². The van der Waals surface area contributed by atoms with Gasteiger partial charge in [0.15, 0.2) is 11.5 Å². The van der Waals surface area contributed by atoms with Crippen molar-refractivity contribution in [3.63, 3.8) is 0 Å². The molecular weight excluding hydrogens is 450 g/mol. The molecule has 0 aliphatic heterocycles. The van der Waals surface area contributed by atoms with Gasteiger partial charge in [0.05, 0.1) is 14.2 Å². The molecule has 6 nitrogen and oxygen atoms in total. The van der Waals surface area contributed by atoms with E-state index < -0.39 is 32.5 Å². The summed E-state index contributed by atoms with van der Waals surface area (Å²) < 4.78 is 66.7. The zero-order valence-corrected chi connectivity index (χ0v) is 18.7. The standard InChI is InChI=1S/C24H22F2N2O4S/c1-31-22-9-5-7-17(24(22)32-2)19(18-13-27-21-8-4-3-6-16(18)21)14-28-33(29,30)23-11-10-15(25)12-20(23)26/h3-13,19,27-28H,14H2,1-2H3/t19-/m1/s1. The summed E-state index contributed by atoms with van der Waals surface area (Å²) in [6.45, 7) is -0.107. The van der Waals surface area contributed by atoms with E-state index in [0.717, 1.165) is 28.6 Å². The molecule has 0 unspecified atom stereocenters. The molecule has 4 aromatic rings. The molecule has 0 saturated heterocycles. The van der Waals surface area contributed by atoms with Gasteiger partial charge in [0, 0.05) is 41.2 Å². The lowest BCUT2D eigenvalue weighted by molar-refractivity contribution is 0.350. The molecule has 33 heavy (non-hydrogen) atoms. The van der Waals surface area contributed by atoms with Crippen molar-refractivity contribution in [3.05, 3.63) is 89.6 Å². The smallest absolute Gasteiger partial charge is 0.243 e. The quantitative estimate of drug-likeness (QED) is 0.394. The predicted octanol–water partition coefficient (Wildman–Crippen LogP) is 4.57. The van der Waals surface area contributed by atoms with Crippen molar-refractivity contribution in [2.45, 2.75) is 10.8 Å². The second-order valence-corrected chi connectivity index (χ2v) is 9.09. The molecule has 172 valence electrons. The number of para-hydroxylation sites is 2. The number of rotatable bonds is 8. The molecule has 2 N–H and O–H groups in total. The third-order valence-electron chi connectivity index (χ3n) is 5.47. The zero-order chi connectivity index (χ0) is 23.6. The molecule has 0 amide bonds. The van der Waals surface area contributed by atoms with E-state index in [1.54, 1.807) is 18.3 Å². The molecule has 0 spiro atoms. The third-order valence-corrected chi connectivity index (χ3v) is 6.92. The average molecular weight is 473 g/mol. The van der Waals surface area contributed by atoms with Gasteiger partial charge >= 0.3 is 0 Å². The number of hydrogen-bond acceptors (Lipinski definition) is 4. The molecule has 9 heteroatoms. The second-order valence-electron chi connectivity index (χ2n) is 7.35. The lowest BCUT2D eigenvalue weighted by Gasteiger charge is -2.22. The number of nitrogens with one attached hydrogen (secondary N) is 2. The summed E-state index contributed by atoms with van der Waals surface area (Å²) in [6, 6.07) is 15.3. The highest BCUT2D eigenvalue weighted by molar-refractivity contribution is 7.89. The number of aromatic nitrogens is 1. The molecule has 1 heterocycles. The van der Waals surface area contributed by atoms with Gasteiger partial charge < -0.3 is 14.5 Å².